The fraction of sp³-hybridized carbons (Fsp3) is 0.407. The van der Waals surface area contributed by atoms with E-state index in [0.29, 0.717) is 45.3 Å². The van der Waals surface area contributed by atoms with Crippen LogP contribution < -0.4 is 22.5 Å². The zero-order valence-electron chi connectivity index (χ0n) is 40.7. The minimum atomic E-state index is -0.691. The number of nitrogens with two attached hydrogens (primary N) is 3. The summed E-state index contributed by atoms with van der Waals surface area (Å²) in [5, 5.41) is 3.31. The minimum Gasteiger partial charge on any atom is -0.383 e. The van der Waals surface area contributed by atoms with Crippen molar-refractivity contribution in [3.05, 3.63) is 156 Å². The molecule has 0 aromatic heterocycles. The molecule has 4 aromatic carbocycles. The van der Waals surface area contributed by atoms with Crippen LogP contribution in [0.25, 0.3) is 0 Å². The molecule has 4 rings (SSSR count). The lowest BCUT2D eigenvalue weighted by molar-refractivity contribution is -0.147. The van der Waals surface area contributed by atoms with Crippen molar-refractivity contribution in [1.82, 2.24) is 29.8 Å². The van der Waals surface area contributed by atoms with E-state index in [4.69, 9.17) is 21.9 Å². The smallest absolute Gasteiger partial charge is 0.242 e. The molecule has 70 heavy (non-hydrogen) atoms. The molecule has 0 atom stereocenters. The van der Waals surface area contributed by atoms with Gasteiger partial charge in [-0.2, -0.15) is 0 Å². The molecule has 0 aliphatic rings. The van der Waals surface area contributed by atoms with Crippen molar-refractivity contribution in [2.24, 2.45) is 17.2 Å². The largest absolute Gasteiger partial charge is 0.383 e. The summed E-state index contributed by atoms with van der Waals surface area (Å²) in [5.74, 6) is -3.45. The minimum absolute atomic E-state index is 0.0213. The average molecular weight is 960 g/mol. The molecule has 0 radical (unpaired) electrons. The first kappa shape index (κ1) is 55.9. The van der Waals surface area contributed by atoms with Gasteiger partial charge in [0.2, 0.25) is 35.4 Å². The second-order valence-electron chi connectivity index (χ2n) is 17.1. The number of ether oxygens (including phenoxy) is 1. The van der Waals surface area contributed by atoms with Crippen LogP contribution in [0.3, 0.4) is 0 Å². The Bertz CT molecular complexity index is 2120. The molecular weight excluding hydrogens is 887 g/mol. The summed E-state index contributed by atoms with van der Waals surface area (Å²) in [4.78, 5) is 90.3. The number of carbonyl (C=O) groups is 6. The van der Waals surface area contributed by atoms with E-state index in [-0.39, 0.29) is 83.3 Å². The van der Waals surface area contributed by atoms with E-state index in [1.807, 2.05) is 97.1 Å². The van der Waals surface area contributed by atoms with Crippen molar-refractivity contribution in [3.8, 4) is 0 Å². The van der Waals surface area contributed by atoms with Gasteiger partial charge in [0, 0.05) is 58.2 Å². The van der Waals surface area contributed by atoms with E-state index in [9.17, 15) is 28.8 Å². The summed E-state index contributed by atoms with van der Waals surface area (Å²) in [5.41, 5.74) is 21.0. The molecule has 16 heteroatoms. The van der Waals surface area contributed by atoms with Crippen LogP contribution >= 0.6 is 0 Å². The summed E-state index contributed by atoms with van der Waals surface area (Å²) in [6.07, 6.45) is 3.77. The third kappa shape index (κ3) is 19.0. The predicted molar refractivity (Wildman–Crippen MR) is 273 cm³/mol. The lowest BCUT2D eigenvalue weighted by atomic mass is 9.90. The van der Waals surface area contributed by atoms with Crippen molar-refractivity contribution in [1.29, 1.82) is 0 Å². The van der Waals surface area contributed by atoms with Crippen LogP contribution in [0.15, 0.2) is 134 Å². The normalized spacial score (nSPS) is 11.0. The van der Waals surface area contributed by atoms with E-state index in [2.05, 4.69) is 36.2 Å². The third-order valence-corrected chi connectivity index (χ3v) is 11.9. The number of hydrogen-bond donors (Lipinski definition) is 4. The van der Waals surface area contributed by atoms with Gasteiger partial charge < -0.3 is 51.8 Å². The monoisotopic (exact) mass is 960 g/mol. The zero-order valence-corrected chi connectivity index (χ0v) is 40.7. The number of rotatable bonds is 33. The molecule has 0 aliphatic carbocycles. The summed E-state index contributed by atoms with van der Waals surface area (Å²) >= 11 is 0. The molecule has 0 bridgehead atoms. The van der Waals surface area contributed by atoms with Crippen molar-refractivity contribution < 1.29 is 33.5 Å². The Hall–Kier alpha value is -6.72. The topological polar surface area (TPSA) is 218 Å². The van der Waals surface area contributed by atoms with Crippen LogP contribution in [-0.2, 0) is 33.5 Å². The van der Waals surface area contributed by atoms with Gasteiger partial charge in [0.25, 0.3) is 0 Å². The predicted octanol–water partition coefficient (Wildman–Crippen LogP) is 3.18. The molecule has 0 heterocycles. The maximum Gasteiger partial charge on any atom is 0.242 e. The molecule has 0 aliphatic heterocycles. The number of methoxy groups -OCH3 is 1. The number of benzene rings is 4. The zero-order chi connectivity index (χ0) is 50.5. The summed E-state index contributed by atoms with van der Waals surface area (Å²) in [6, 6.07) is 39.3. The molecule has 7 N–H and O–H groups in total. The van der Waals surface area contributed by atoms with Crippen LogP contribution in [0.5, 0.6) is 0 Å². The summed E-state index contributed by atoms with van der Waals surface area (Å²) < 4.78 is 5.38. The molecule has 0 saturated heterocycles. The van der Waals surface area contributed by atoms with Crippen LogP contribution in [-0.4, -0.2) is 165 Å². The van der Waals surface area contributed by atoms with Crippen LogP contribution in [0.4, 0.5) is 0 Å². The Labute approximate surface area is 413 Å². The molecule has 6 amide bonds. The molecule has 16 nitrogen and oxygen atoms in total. The van der Waals surface area contributed by atoms with Crippen LogP contribution in [0.1, 0.15) is 59.8 Å². The van der Waals surface area contributed by atoms with Gasteiger partial charge in [-0.25, -0.2) is 0 Å². The molecule has 4 aromatic rings. The van der Waals surface area contributed by atoms with Gasteiger partial charge in [0.1, 0.15) is 6.54 Å². The number of hydrogen-bond acceptors (Lipinski definition) is 10. The van der Waals surface area contributed by atoms with Gasteiger partial charge in [0.15, 0.2) is 0 Å². The number of unbranched alkanes of at least 4 members (excludes halogenated alkanes) is 2. The third-order valence-electron chi connectivity index (χ3n) is 11.9. The second kappa shape index (κ2) is 31.4. The Morgan fingerprint density at radius 2 is 0.914 bits per heavy atom. The van der Waals surface area contributed by atoms with Gasteiger partial charge >= 0.3 is 0 Å². The van der Waals surface area contributed by atoms with Gasteiger partial charge in [-0.15, -0.1) is 6.58 Å². The quantitative estimate of drug-likeness (QED) is 0.0404. The van der Waals surface area contributed by atoms with E-state index >= 15 is 0 Å². The van der Waals surface area contributed by atoms with Gasteiger partial charge in [0.05, 0.1) is 39.3 Å². The molecule has 0 saturated carbocycles. The highest BCUT2D eigenvalue weighted by atomic mass is 16.5. The van der Waals surface area contributed by atoms with Gasteiger partial charge in [-0.3, -0.25) is 28.8 Å². The number of amides is 6. The van der Waals surface area contributed by atoms with Crippen molar-refractivity contribution >= 4 is 35.4 Å². The fourth-order valence-corrected chi connectivity index (χ4v) is 8.11. The highest BCUT2D eigenvalue weighted by Crippen LogP contribution is 2.27. The van der Waals surface area contributed by atoms with E-state index < -0.39 is 42.6 Å². The lowest BCUT2D eigenvalue weighted by Crippen LogP contribution is -2.52. The Morgan fingerprint density at radius 3 is 1.33 bits per heavy atom. The van der Waals surface area contributed by atoms with Gasteiger partial charge in [-0.1, -0.05) is 127 Å². The Morgan fingerprint density at radius 1 is 0.529 bits per heavy atom. The van der Waals surface area contributed by atoms with Crippen molar-refractivity contribution in [3.63, 3.8) is 0 Å². The lowest BCUT2D eigenvalue weighted by Gasteiger charge is -2.33. The molecule has 376 valence electrons. The first-order valence-electron chi connectivity index (χ1n) is 24.1. The molecule has 0 spiro atoms. The van der Waals surface area contributed by atoms with E-state index in [1.54, 1.807) is 6.08 Å². The van der Waals surface area contributed by atoms with Crippen molar-refractivity contribution in [2.45, 2.75) is 37.5 Å². The maximum atomic E-state index is 14.9. The van der Waals surface area contributed by atoms with E-state index in [1.165, 1.54) is 31.6 Å². The number of carbonyl (C=O) groups excluding carboxylic acids is 6. The summed E-state index contributed by atoms with van der Waals surface area (Å²) in [6.45, 7) is 3.75. The summed E-state index contributed by atoms with van der Waals surface area (Å²) in [7, 11) is 1.49. The second-order valence-corrected chi connectivity index (χ2v) is 17.1. The Kier molecular flexibility index (Phi) is 25.1. The SMILES string of the molecule is C=CCN(CC(=O)N(CCOC)CC(=O)N(CC(=O)N(CCCCN)CC(=O)N(CCCCN)CC(N)=O)CC(c1ccccc1)c1ccccc1)C(=O)CNCC(c1ccccc1)c1ccccc1. The van der Waals surface area contributed by atoms with Crippen LogP contribution in [0, 0.1) is 0 Å². The number of primary amides is 1. The van der Waals surface area contributed by atoms with Crippen molar-refractivity contribution in [2.75, 3.05) is 105 Å². The fourth-order valence-electron chi connectivity index (χ4n) is 8.11. The Balaban J connectivity index is 1.61. The first-order valence-corrected chi connectivity index (χ1v) is 24.1. The average Bonchev–Trinajstić information content (AvgIpc) is 3.37. The standard InChI is InChI=1S/C54H73N9O7/c1-3-30-59(50(65)36-58-35-47(43-20-8-4-9-21-43)44-22-10-5-11-23-44)39-52(67)62(33-34-70-2)41-54(69)63(37-48(45-24-12-6-13-25-45)46-26-14-7-15-27-46)42-53(68)61(32-19-17-29-56)40-51(66)60(38-49(57)64)31-18-16-28-55/h3-15,20-27,47-48,58H,1,16-19,28-42,55-56H2,2H3,(H2,57,64). The first-order chi connectivity index (χ1) is 34.0. The highest BCUT2D eigenvalue weighted by molar-refractivity contribution is 5.92. The molecular formula is C54H73N9O7. The maximum absolute atomic E-state index is 14.9. The number of nitrogens with one attached hydrogen (secondary N) is 1. The van der Waals surface area contributed by atoms with E-state index in [0.717, 1.165) is 22.3 Å². The van der Waals surface area contributed by atoms with Crippen LogP contribution in [0.2, 0.25) is 0 Å². The molecule has 0 unspecified atom stereocenters. The van der Waals surface area contributed by atoms with Gasteiger partial charge in [-0.05, 0) is 61.0 Å². The highest BCUT2D eigenvalue weighted by Gasteiger charge is 2.31. The number of nitrogens with zero attached hydrogens (tertiary/aromatic N) is 5. The molecule has 0 fully saturated rings.